The van der Waals surface area contributed by atoms with Gasteiger partial charge in [-0.25, -0.2) is 0 Å². The van der Waals surface area contributed by atoms with Gasteiger partial charge in [-0.3, -0.25) is 10.3 Å². The van der Waals surface area contributed by atoms with Crippen molar-refractivity contribution in [3.8, 4) is 5.75 Å². The van der Waals surface area contributed by atoms with Gasteiger partial charge in [0.15, 0.2) is 5.11 Å². The van der Waals surface area contributed by atoms with Crippen LogP contribution in [0.1, 0.15) is 12.5 Å². The molecule has 1 saturated heterocycles. The minimum atomic E-state index is 0.497. The molecular weight excluding hydrogens is 348 g/mol. The molecule has 1 aliphatic heterocycles. The van der Waals surface area contributed by atoms with Crippen LogP contribution >= 0.6 is 23.8 Å². The minimum Gasteiger partial charge on any atom is -0.492 e. The van der Waals surface area contributed by atoms with Crippen LogP contribution in [-0.2, 0) is 4.74 Å². The summed E-state index contributed by atoms with van der Waals surface area (Å²) in [6.45, 7) is 7.76. The van der Waals surface area contributed by atoms with Crippen LogP contribution in [0, 0.1) is 0 Å². The quantitative estimate of drug-likeness (QED) is 0.434. The van der Waals surface area contributed by atoms with Gasteiger partial charge in [-0.05, 0) is 42.9 Å². The van der Waals surface area contributed by atoms with E-state index in [4.69, 9.17) is 33.3 Å². The molecule has 0 atom stereocenters. The van der Waals surface area contributed by atoms with E-state index in [1.165, 1.54) is 0 Å². The highest BCUT2D eigenvalue weighted by Gasteiger charge is 2.09. The third kappa shape index (κ3) is 6.60. The number of hydrogen-bond acceptors (Lipinski definition) is 5. The summed E-state index contributed by atoms with van der Waals surface area (Å²) >= 11 is 11.3. The Hall–Kier alpha value is -1.41. The molecule has 0 radical (unpaired) electrons. The smallest absolute Gasteiger partial charge is 0.187 e. The van der Waals surface area contributed by atoms with Crippen LogP contribution in [0.5, 0.6) is 5.75 Å². The Bertz CT molecular complexity index is 565. The molecule has 1 fully saturated rings. The number of ether oxygens (including phenoxy) is 2. The molecule has 0 spiro atoms. The molecule has 132 valence electrons. The SMILES string of the molecule is CCOc1ccc(/C=N/NC(=S)NCCN2CCOCC2)cc1Cl. The van der Waals surface area contributed by atoms with Crippen molar-refractivity contribution in [1.29, 1.82) is 0 Å². The van der Waals surface area contributed by atoms with E-state index in [0.29, 0.717) is 22.5 Å². The van der Waals surface area contributed by atoms with Crippen LogP contribution in [0.2, 0.25) is 5.02 Å². The average molecular weight is 371 g/mol. The highest BCUT2D eigenvalue weighted by Crippen LogP contribution is 2.24. The second kappa shape index (κ2) is 10.5. The van der Waals surface area contributed by atoms with Crippen molar-refractivity contribution in [2.45, 2.75) is 6.92 Å². The maximum Gasteiger partial charge on any atom is 0.187 e. The number of nitrogens with zero attached hydrogens (tertiary/aromatic N) is 2. The standard InChI is InChI=1S/C16H23ClN4O2S/c1-2-23-15-4-3-13(11-14(15)17)12-19-20-16(24)18-5-6-21-7-9-22-10-8-21/h3-4,11-12H,2,5-10H2,1H3,(H2,18,20,24)/b19-12+. The number of rotatable bonds is 7. The lowest BCUT2D eigenvalue weighted by Crippen LogP contribution is -2.42. The van der Waals surface area contributed by atoms with Crippen LogP contribution in [0.25, 0.3) is 0 Å². The molecule has 1 aromatic rings. The molecule has 0 amide bonds. The molecule has 2 N–H and O–H groups in total. The molecular formula is C16H23ClN4O2S. The summed E-state index contributed by atoms with van der Waals surface area (Å²) in [5.41, 5.74) is 3.67. The molecule has 0 aromatic heterocycles. The molecule has 0 unspecified atom stereocenters. The van der Waals surface area contributed by atoms with Gasteiger partial charge >= 0.3 is 0 Å². The number of benzene rings is 1. The van der Waals surface area contributed by atoms with E-state index in [9.17, 15) is 0 Å². The Kier molecular flexibility index (Phi) is 8.24. The Balaban J connectivity index is 1.68. The summed E-state index contributed by atoms with van der Waals surface area (Å²) in [6, 6.07) is 5.51. The van der Waals surface area contributed by atoms with Crippen LogP contribution in [0.4, 0.5) is 0 Å². The van der Waals surface area contributed by atoms with E-state index < -0.39 is 0 Å². The Labute approximate surface area is 153 Å². The summed E-state index contributed by atoms with van der Waals surface area (Å²) in [7, 11) is 0. The van der Waals surface area contributed by atoms with E-state index in [-0.39, 0.29) is 0 Å². The first-order valence-corrected chi connectivity index (χ1v) is 8.77. The van der Waals surface area contributed by atoms with E-state index >= 15 is 0 Å². The minimum absolute atomic E-state index is 0.497. The Morgan fingerprint density at radius 3 is 2.96 bits per heavy atom. The maximum absolute atomic E-state index is 6.13. The molecule has 8 heteroatoms. The first-order valence-electron chi connectivity index (χ1n) is 7.98. The van der Waals surface area contributed by atoms with E-state index in [1.54, 1.807) is 12.3 Å². The Morgan fingerprint density at radius 1 is 1.46 bits per heavy atom. The van der Waals surface area contributed by atoms with Crippen LogP contribution < -0.4 is 15.5 Å². The molecule has 0 bridgehead atoms. The fraction of sp³-hybridized carbons (Fsp3) is 0.500. The van der Waals surface area contributed by atoms with Crippen LogP contribution in [0.15, 0.2) is 23.3 Å². The van der Waals surface area contributed by atoms with Gasteiger partial charge in [0, 0.05) is 26.2 Å². The predicted molar refractivity (Wildman–Crippen MR) is 101 cm³/mol. The zero-order valence-corrected chi connectivity index (χ0v) is 15.3. The third-order valence-electron chi connectivity index (χ3n) is 3.45. The van der Waals surface area contributed by atoms with Gasteiger partial charge in [0.05, 0.1) is 31.1 Å². The van der Waals surface area contributed by atoms with Crippen molar-refractivity contribution in [2.75, 3.05) is 46.0 Å². The highest BCUT2D eigenvalue weighted by atomic mass is 35.5. The van der Waals surface area contributed by atoms with Crippen molar-refractivity contribution in [3.63, 3.8) is 0 Å². The normalized spacial score (nSPS) is 15.4. The van der Waals surface area contributed by atoms with Gasteiger partial charge in [-0.1, -0.05) is 11.6 Å². The Morgan fingerprint density at radius 2 is 2.25 bits per heavy atom. The second-order valence-electron chi connectivity index (χ2n) is 5.20. The third-order valence-corrected chi connectivity index (χ3v) is 3.98. The average Bonchev–Trinajstić information content (AvgIpc) is 2.58. The van der Waals surface area contributed by atoms with Crippen molar-refractivity contribution in [3.05, 3.63) is 28.8 Å². The molecule has 1 heterocycles. The molecule has 1 aliphatic rings. The highest BCUT2D eigenvalue weighted by molar-refractivity contribution is 7.80. The largest absolute Gasteiger partial charge is 0.492 e. The van der Waals surface area contributed by atoms with Crippen molar-refractivity contribution < 1.29 is 9.47 Å². The first kappa shape index (κ1) is 18.9. The topological polar surface area (TPSA) is 58.1 Å². The number of hydrogen-bond donors (Lipinski definition) is 2. The summed E-state index contributed by atoms with van der Waals surface area (Å²) < 4.78 is 10.7. The number of halogens is 1. The number of thiocarbonyl (C=S) groups is 1. The van der Waals surface area contributed by atoms with Crippen molar-refractivity contribution in [1.82, 2.24) is 15.6 Å². The van der Waals surface area contributed by atoms with Gasteiger partial charge in [0.1, 0.15) is 5.75 Å². The molecule has 0 saturated carbocycles. The number of nitrogens with one attached hydrogen (secondary N) is 2. The van der Waals surface area contributed by atoms with E-state index in [0.717, 1.165) is 45.0 Å². The van der Waals surface area contributed by atoms with Crippen molar-refractivity contribution in [2.24, 2.45) is 5.10 Å². The molecule has 24 heavy (non-hydrogen) atoms. The summed E-state index contributed by atoms with van der Waals surface area (Å²) in [5, 5.41) is 8.30. The zero-order valence-electron chi connectivity index (χ0n) is 13.8. The molecule has 6 nitrogen and oxygen atoms in total. The van der Waals surface area contributed by atoms with Gasteiger partial charge in [0.2, 0.25) is 0 Å². The van der Waals surface area contributed by atoms with Crippen molar-refractivity contribution >= 4 is 35.1 Å². The van der Waals surface area contributed by atoms with Gasteiger partial charge < -0.3 is 14.8 Å². The lowest BCUT2D eigenvalue weighted by atomic mass is 10.2. The first-order chi connectivity index (χ1) is 11.7. The van der Waals surface area contributed by atoms with Crippen LogP contribution in [-0.4, -0.2) is 62.2 Å². The molecule has 2 rings (SSSR count). The van der Waals surface area contributed by atoms with E-state index in [2.05, 4.69) is 20.7 Å². The lowest BCUT2D eigenvalue weighted by molar-refractivity contribution is 0.0389. The van der Waals surface area contributed by atoms with Gasteiger partial charge in [0.25, 0.3) is 0 Å². The number of hydrazone groups is 1. The summed E-state index contributed by atoms with van der Waals surface area (Å²) in [4.78, 5) is 2.34. The van der Waals surface area contributed by atoms with Gasteiger partial charge in [-0.15, -0.1) is 0 Å². The monoisotopic (exact) mass is 370 g/mol. The van der Waals surface area contributed by atoms with Crippen LogP contribution in [0.3, 0.4) is 0 Å². The zero-order chi connectivity index (χ0) is 17.2. The molecule has 1 aromatic carbocycles. The fourth-order valence-corrected chi connectivity index (χ4v) is 2.63. The lowest BCUT2D eigenvalue weighted by Gasteiger charge is -2.26. The molecule has 0 aliphatic carbocycles. The second-order valence-corrected chi connectivity index (χ2v) is 6.02. The van der Waals surface area contributed by atoms with E-state index in [1.807, 2.05) is 19.1 Å². The summed E-state index contributed by atoms with van der Waals surface area (Å²) in [6.07, 6.45) is 1.66. The predicted octanol–water partition coefficient (Wildman–Crippen LogP) is 1.87. The summed E-state index contributed by atoms with van der Waals surface area (Å²) in [5.74, 6) is 0.671. The van der Waals surface area contributed by atoms with Gasteiger partial charge in [-0.2, -0.15) is 5.10 Å². The number of morpholine rings is 1. The fourth-order valence-electron chi connectivity index (χ4n) is 2.23. The maximum atomic E-state index is 6.13.